The summed E-state index contributed by atoms with van der Waals surface area (Å²) in [6.45, 7) is 0.512. The van der Waals surface area contributed by atoms with Crippen molar-refractivity contribution in [2.75, 3.05) is 18.6 Å². The molecule has 1 rings (SSSR count). The molecule has 0 bridgehead atoms. The van der Waals surface area contributed by atoms with E-state index < -0.39 is 9.84 Å². The Morgan fingerprint density at radius 1 is 1.29 bits per heavy atom. The van der Waals surface area contributed by atoms with Gasteiger partial charge < -0.3 is 5.73 Å². The first-order valence-corrected chi connectivity index (χ1v) is 7.47. The second-order valence-corrected chi connectivity index (χ2v) is 6.67. The van der Waals surface area contributed by atoms with Crippen LogP contribution >= 0.6 is 0 Å². The topological polar surface area (TPSA) is 60.2 Å². The number of nitrogens with two attached hydrogens (primary N) is 1. The van der Waals surface area contributed by atoms with Crippen LogP contribution in [0.2, 0.25) is 0 Å². The van der Waals surface area contributed by atoms with Gasteiger partial charge in [-0.1, -0.05) is 32.1 Å². The molecule has 0 aromatic heterocycles. The van der Waals surface area contributed by atoms with E-state index in [0.29, 0.717) is 12.5 Å². The van der Waals surface area contributed by atoms with Gasteiger partial charge in [0, 0.05) is 6.26 Å². The zero-order chi connectivity index (χ0) is 10.6. The van der Waals surface area contributed by atoms with Gasteiger partial charge in [0.05, 0.1) is 5.75 Å². The molecule has 2 N–H and O–H groups in total. The molecule has 14 heavy (non-hydrogen) atoms. The first-order valence-electron chi connectivity index (χ1n) is 5.40. The highest BCUT2D eigenvalue weighted by atomic mass is 32.2. The van der Waals surface area contributed by atoms with E-state index in [0.717, 1.165) is 12.8 Å². The molecule has 84 valence electrons. The molecule has 0 radical (unpaired) electrons. The van der Waals surface area contributed by atoms with E-state index >= 15 is 0 Å². The van der Waals surface area contributed by atoms with Gasteiger partial charge in [0.2, 0.25) is 0 Å². The maximum absolute atomic E-state index is 11.2. The fourth-order valence-electron chi connectivity index (χ4n) is 2.39. The Labute approximate surface area is 87.0 Å². The molecule has 0 spiro atoms. The summed E-state index contributed by atoms with van der Waals surface area (Å²) in [5.74, 6) is 1.00. The van der Waals surface area contributed by atoms with E-state index in [1.807, 2.05) is 0 Å². The summed E-state index contributed by atoms with van der Waals surface area (Å²) in [5, 5.41) is 0. The molecular weight excluding hydrogens is 198 g/mol. The van der Waals surface area contributed by atoms with Crippen LogP contribution in [0, 0.1) is 11.8 Å². The molecule has 4 heteroatoms. The Morgan fingerprint density at radius 2 is 1.86 bits per heavy atom. The quantitative estimate of drug-likeness (QED) is 0.772. The summed E-state index contributed by atoms with van der Waals surface area (Å²) < 4.78 is 22.4. The first-order chi connectivity index (χ1) is 6.53. The van der Waals surface area contributed by atoms with Crippen molar-refractivity contribution >= 4 is 9.84 Å². The summed E-state index contributed by atoms with van der Waals surface area (Å²) in [4.78, 5) is 0. The molecular formula is C10H21NO2S. The van der Waals surface area contributed by atoms with E-state index in [1.165, 1.54) is 25.5 Å². The Morgan fingerprint density at radius 3 is 2.29 bits per heavy atom. The van der Waals surface area contributed by atoms with Gasteiger partial charge in [-0.3, -0.25) is 0 Å². The summed E-state index contributed by atoms with van der Waals surface area (Å²) >= 11 is 0. The molecule has 0 aromatic rings. The molecule has 3 nitrogen and oxygen atoms in total. The van der Waals surface area contributed by atoms with Crippen LogP contribution in [0.25, 0.3) is 0 Å². The monoisotopic (exact) mass is 219 g/mol. The lowest BCUT2D eigenvalue weighted by atomic mass is 9.81. The molecule has 0 unspecified atom stereocenters. The van der Waals surface area contributed by atoms with Crippen LogP contribution in [0.1, 0.15) is 32.1 Å². The fraction of sp³-hybridized carbons (Fsp3) is 1.00. The van der Waals surface area contributed by atoms with Crippen molar-refractivity contribution in [2.24, 2.45) is 17.6 Å². The lowest BCUT2D eigenvalue weighted by Gasteiger charge is -2.28. The van der Waals surface area contributed by atoms with Crippen molar-refractivity contribution < 1.29 is 8.42 Å². The highest BCUT2D eigenvalue weighted by Crippen LogP contribution is 2.30. The van der Waals surface area contributed by atoms with Crippen LogP contribution in [0.4, 0.5) is 0 Å². The molecule has 1 aliphatic carbocycles. The summed E-state index contributed by atoms with van der Waals surface area (Å²) in [7, 11) is -2.86. The average Bonchev–Trinajstić information content (AvgIpc) is 2.14. The van der Waals surface area contributed by atoms with Crippen molar-refractivity contribution in [1.82, 2.24) is 0 Å². The van der Waals surface area contributed by atoms with Crippen molar-refractivity contribution in [2.45, 2.75) is 32.1 Å². The molecule has 0 aliphatic heterocycles. The number of hydrogen-bond acceptors (Lipinski definition) is 3. The van der Waals surface area contributed by atoms with E-state index in [1.54, 1.807) is 0 Å². The van der Waals surface area contributed by atoms with Crippen LogP contribution in [-0.4, -0.2) is 27.0 Å². The van der Waals surface area contributed by atoms with Gasteiger partial charge in [0.15, 0.2) is 0 Å². The van der Waals surface area contributed by atoms with E-state index in [4.69, 9.17) is 5.73 Å². The fourth-order valence-corrected chi connectivity index (χ4v) is 3.58. The molecule has 0 saturated heterocycles. The predicted octanol–water partition coefficient (Wildman–Crippen LogP) is 1.19. The average molecular weight is 219 g/mol. The highest BCUT2D eigenvalue weighted by Gasteiger charge is 2.25. The maximum atomic E-state index is 11.2. The molecule has 1 fully saturated rings. The van der Waals surface area contributed by atoms with Crippen molar-refractivity contribution in [1.29, 1.82) is 0 Å². The Kier molecular flexibility index (Phi) is 4.38. The largest absolute Gasteiger partial charge is 0.330 e. The van der Waals surface area contributed by atoms with Crippen LogP contribution < -0.4 is 5.73 Å². The van der Waals surface area contributed by atoms with Gasteiger partial charge in [-0.15, -0.1) is 0 Å². The number of rotatable bonds is 4. The lowest BCUT2D eigenvalue weighted by molar-refractivity contribution is 0.270. The van der Waals surface area contributed by atoms with Crippen molar-refractivity contribution in [3.8, 4) is 0 Å². The molecule has 1 atom stereocenters. The second kappa shape index (κ2) is 5.12. The minimum Gasteiger partial charge on any atom is -0.330 e. The summed E-state index contributed by atoms with van der Waals surface area (Å²) in [6.07, 6.45) is 7.41. The molecule has 0 heterocycles. The van der Waals surface area contributed by atoms with Gasteiger partial charge in [-0.05, 0) is 18.4 Å². The highest BCUT2D eigenvalue weighted by molar-refractivity contribution is 7.90. The van der Waals surface area contributed by atoms with Crippen molar-refractivity contribution in [3.63, 3.8) is 0 Å². The zero-order valence-corrected chi connectivity index (χ0v) is 9.72. The van der Waals surface area contributed by atoms with Gasteiger partial charge in [-0.25, -0.2) is 8.42 Å². The molecule has 0 amide bonds. The summed E-state index contributed by atoms with van der Waals surface area (Å²) in [5.41, 5.74) is 5.65. The Bertz CT molecular complexity index is 255. The van der Waals surface area contributed by atoms with Crippen LogP contribution in [0.5, 0.6) is 0 Å². The maximum Gasteiger partial charge on any atom is 0.147 e. The smallest absolute Gasteiger partial charge is 0.147 e. The standard InChI is InChI=1S/C10H21NO2S/c1-14(12,13)8-10(7-11)9-5-3-2-4-6-9/h9-10H,2-8,11H2,1H3/t10-/m1/s1. The second-order valence-electron chi connectivity index (χ2n) is 4.49. The number of hydrogen-bond donors (Lipinski definition) is 1. The van der Waals surface area contributed by atoms with Crippen LogP contribution in [-0.2, 0) is 9.84 Å². The lowest BCUT2D eigenvalue weighted by Crippen LogP contribution is -2.31. The Balaban J connectivity index is 2.52. The van der Waals surface area contributed by atoms with E-state index in [2.05, 4.69) is 0 Å². The van der Waals surface area contributed by atoms with Gasteiger partial charge in [0.25, 0.3) is 0 Å². The number of sulfone groups is 1. The van der Waals surface area contributed by atoms with E-state index in [9.17, 15) is 8.42 Å². The van der Waals surface area contributed by atoms with Gasteiger partial charge >= 0.3 is 0 Å². The van der Waals surface area contributed by atoms with Crippen LogP contribution in [0.3, 0.4) is 0 Å². The van der Waals surface area contributed by atoms with E-state index in [-0.39, 0.29) is 11.7 Å². The summed E-state index contributed by atoms with van der Waals surface area (Å²) in [6, 6.07) is 0. The van der Waals surface area contributed by atoms with Gasteiger partial charge in [0.1, 0.15) is 9.84 Å². The first kappa shape index (κ1) is 12.0. The third-order valence-electron chi connectivity index (χ3n) is 3.14. The molecule has 1 saturated carbocycles. The predicted molar refractivity (Wildman–Crippen MR) is 58.8 cm³/mol. The van der Waals surface area contributed by atoms with Crippen LogP contribution in [0.15, 0.2) is 0 Å². The van der Waals surface area contributed by atoms with Gasteiger partial charge in [-0.2, -0.15) is 0 Å². The molecule has 1 aliphatic rings. The third kappa shape index (κ3) is 3.96. The third-order valence-corrected chi connectivity index (χ3v) is 4.17. The zero-order valence-electron chi connectivity index (χ0n) is 8.91. The Hall–Kier alpha value is -0.0900. The normalized spacial score (nSPS) is 22.1. The minimum absolute atomic E-state index is 0.185. The SMILES string of the molecule is CS(=O)(=O)C[C@@H](CN)C1CCCCC1. The molecule has 0 aromatic carbocycles. The minimum atomic E-state index is -2.86. The van der Waals surface area contributed by atoms with Crippen molar-refractivity contribution in [3.05, 3.63) is 0 Å².